The molecule has 0 N–H and O–H groups in total. The van der Waals surface area contributed by atoms with Crippen LogP contribution in [0.1, 0.15) is 0 Å². The number of rotatable bonds is 11. The van der Waals surface area contributed by atoms with E-state index in [4.69, 9.17) is 18.9 Å². The first-order valence-electron chi connectivity index (χ1n) is 37.5. The monoisotopic (exact) mass is 1560 g/mol. The minimum absolute atomic E-state index is 0.216. The van der Waals surface area contributed by atoms with Crippen molar-refractivity contribution in [1.29, 1.82) is 0 Å². The summed E-state index contributed by atoms with van der Waals surface area (Å²) >= 11 is 3.04. The molecule has 0 atom stereocenters. The second kappa shape index (κ2) is 25.8. The Bertz CT molecular complexity index is 6580. The predicted octanol–water partition coefficient (Wildman–Crippen LogP) is 21.2. The van der Waals surface area contributed by atoms with Gasteiger partial charge in [-0.25, -0.2) is 35.1 Å². The van der Waals surface area contributed by atoms with E-state index in [2.05, 4.69) is 0 Å². The second-order valence-electron chi connectivity index (χ2n) is 29.1. The molecule has 116 heavy (non-hydrogen) atoms. The van der Waals surface area contributed by atoms with Crippen LogP contribution in [0.25, 0.3) is 20.2 Å². The van der Waals surface area contributed by atoms with Gasteiger partial charge in [-0.2, -0.15) is 0 Å². The Hall–Kier alpha value is -13.9. The van der Waals surface area contributed by atoms with Gasteiger partial charge in [0, 0.05) is 123 Å². The van der Waals surface area contributed by atoms with E-state index in [-0.39, 0.29) is 68.5 Å². The first-order valence-corrected chi connectivity index (χ1v) is 39.1. The molecular formula is C94H50B3F8N5O4S2. The molecule has 9 nitrogen and oxygen atoms in total. The smallest absolute Gasteiger partial charge is 0.273 e. The Balaban J connectivity index is 0.829. The largest absolute Gasteiger partial charge is 0.458 e. The summed E-state index contributed by atoms with van der Waals surface area (Å²) in [6.45, 7) is -2.47. The summed E-state index contributed by atoms with van der Waals surface area (Å²) in [6.07, 6.45) is 0. The van der Waals surface area contributed by atoms with Crippen LogP contribution in [0.5, 0.6) is 46.0 Å². The van der Waals surface area contributed by atoms with Gasteiger partial charge in [-0.3, -0.25) is 0 Å². The van der Waals surface area contributed by atoms with Crippen molar-refractivity contribution in [1.82, 2.24) is 0 Å². The van der Waals surface area contributed by atoms with Crippen LogP contribution in [0.15, 0.2) is 303 Å². The van der Waals surface area contributed by atoms with E-state index < -0.39 is 78.1 Å². The third kappa shape index (κ3) is 10.1. The summed E-state index contributed by atoms with van der Waals surface area (Å²) in [7, 11) is 0. The lowest BCUT2D eigenvalue weighted by Gasteiger charge is -2.46. The number of fused-ring (bicyclic) bond motifs is 16. The van der Waals surface area contributed by atoms with Gasteiger partial charge >= 0.3 is 0 Å². The molecule has 2 aromatic heterocycles. The number of anilines is 15. The molecule has 0 radical (unpaired) electrons. The Labute approximate surface area is 666 Å². The molecule has 15 aromatic carbocycles. The Kier molecular flexibility index (Phi) is 15.1. The van der Waals surface area contributed by atoms with Crippen LogP contribution in [0, 0.1) is 46.5 Å². The minimum Gasteiger partial charge on any atom is -0.458 e. The van der Waals surface area contributed by atoms with Crippen molar-refractivity contribution >= 4 is 196 Å². The third-order valence-corrected chi connectivity index (χ3v) is 25.1. The molecule has 0 spiro atoms. The quantitative estimate of drug-likeness (QED) is 0.0931. The lowest BCUT2D eigenvalue weighted by molar-refractivity contribution is 0.467. The molecule has 552 valence electrons. The van der Waals surface area contributed by atoms with Gasteiger partial charge in [0.1, 0.15) is 115 Å². The third-order valence-electron chi connectivity index (χ3n) is 22.7. The minimum atomic E-state index is -1.02. The molecule has 17 aromatic rings. The summed E-state index contributed by atoms with van der Waals surface area (Å²) < 4.78 is 172. The maximum absolute atomic E-state index is 18.2. The number of para-hydroxylation sites is 8. The molecule has 23 rings (SSSR count). The standard InChI is InChI=1S/C94H50B3F8N5O4S2/c98-64-31-17-32-65(99)87(64)107(53-25-9-3-10-26-53)56-43-78-85-80(45-56)113-91-58-29-13-15-39-82(58)115-93(91)96(85)62-47-60-72(49-76(62)111-78)109(89-68(102)35-19-36-69(89)103)74-41-55(106(51-21-5-1-6-22-51)52-23-7-2-8-24-52)42-75-84(74)95(60)61-48-63-77(50-73(61)110(75)90-70(104)37-20-38-71(90)105)112-79-44-57(108(54-27-11-4-12-28-54)88-66(100)33-18-34-67(88)101)46-81-86(79)97(63)94-92(114-81)59-30-14-16-40-83(59)116-94/h1-50H. The molecule has 0 fully saturated rings. The summed E-state index contributed by atoms with van der Waals surface area (Å²) in [6, 6.07) is 85.3. The number of ether oxygens (including phenoxy) is 4. The Morgan fingerprint density at radius 3 is 0.940 bits per heavy atom. The Morgan fingerprint density at radius 1 is 0.250 bits per heavy atom. The van der Waals surface area contributed by atoms with Gasteiger partial charge in [0.05, 0.1) is 17.1 Å². The van der Waals surface area contributed by atoms with E-state index >= 15 is 35.1 Å². The fourth-order valence-corrected chi connectivity index (χ4v) is 20.5. The van der Waals surface area contributed by atoms with Crippen LogP contribution in [0.4, 0.5) is 120 Å². The molecule has 0 bridgehead atoms. The maximum Gasteiger partial charge on any atom is 0.273 e. The average Bonchev–Trinajstić information content (AvgIpc) is 0.851. The van der Waals surface area contributed by atoms with Crippen LogP contribution < -0.4 is 91.2 Å². The van der Waals surface area contributed by atoms with Crippen LogP contribution in [0.3, 0.4) is 0 Å². The van der Waals surface area contributed by atoms with Crippen molar-refractivity contribution in [3.8, 4) is 46.0 Å². The first kappa shape index (κ1) is 67.7. The topological polar surface area (TPSA) is 53.1 Å². The number of nitrogens with zero attached hydrogens (tertiary/aromatic N) is 5. The van der Waals surface area contributed by atoms with Crippen molar-refractivity contribution in [2.45, 2.75) is 0 Å². The van der Waals surface area contributed by atoms with Gasteiger partial charge < -0.3 is 43.4 Å². The van der Waals surface area contributed by atoms with Crippen molar-refractivity contribution in [3.05, 3.63) is 350 Å². The zero-order valence-corrected chi connectivity index (χ0v) is 61.9. The molecule has 8 heterocycles. The van der Waals surface area contributed by atoms with Gasteiger partial charge in [0.15, 0.2) is 0 Å². The molecule has 22 heteroatoms. The van der Waals surface area contributed by atoms with Gasteiger partial charge in [-0.1, -0.05) is 133 Å². The molecular weight excluding hydrogens is 1510 g/mol. The Morgan fingerprint density at radius 2 is 0.569 bits per heavy atom. The lowest BCUT2D eigenvalue weighted by Crippen LogP contribution is -2.65. The fourth-order valence-electron chi connectivity index (χ4n) is 18.0. The van der Waals surface area contributed by atoms with Gasteiger partial charge in [-0.15, -0.1) is 22.7 Å². The van der Waals surface area contributed by atoms with Gasteiger partial charge in [-0.05, 0) is 161 Å². The van der Waals surface area contributed by atoms with E-state index in [9.17, 15) is 0 Å². The van der Waals surface area contributed by atoms with Crippen LogP contribution in [0.2, 0.25) is 0 Å². The van der Waals surface area contributed by atoms with Crippen molar-refractivity contribution in [2.75, 3.05) is 24.5 Å². The van der Waals surface area contributed by atoms with Gasteiger partial charge in [0.2, 0.25) is 0 Å². The van der Waals surface area contributed by atoms with Crippen LogP contribution >= 0.6 is 22.7 Å². The zero-order valence-electron chi connectivity index (χ0n) is 60.3. The molecule has 6 aliphatic rings. The molecule has 0 saturated heterocycles. The number of hydrogen-bond donors (Lipinski definition) is 0. The number of hydrogen-bond acceptors (Lipinski definition) is 11. The number of benzene rings is 15. The summed E-state index contributed by atoms with van der Waals surface area (Å²) in [4.78, 5) is 8.00. The first-order chi connectivity index (χ1) is 56.8. The molecule has 0 amide bonds. The van der Waals surface area contributed by atoms with Crippen molar-refractivity contribution in [2.24, 2.45) is 0 Å². The second-order valence-corrected chi connectivity index (χ2v) is 31.3. The average molecular weight is 1560 g/mol. The highest BCUT2D eigenvalue weighted by Gasteiger charge is 2.52. The van der Waals surface area contributed by atoms with E-state index in [1.165, 1.54) is 115 Å². The fraction of sp³-hybridized carbons (Fsp3) is 0. The number of thiophene rings is 2. The van der Waals surface area contributed by atoms with E-state index in [1.54, 1.807) is 97.1 Å². The molecule has 6 aliphatic heterocycles. The van der Waals surface area contributed by atoms with Gasteiger partial charge in [0.25, 0.3) is 20.1 Å². The summed E-state index contributed by atoms with van der Waals surface area (Å²) in [5, 5.41) is 1.59. The summed E-state index contributed by atoms with van der Waals surface area (Å²) in [5.74, 6) is -4.39. The normalized spacial score (nSPS) is 13.2. The zero-order chi connectivity index (χ0) is 77.6. The van der Waals surface area contributed by atoms with E-state index in [0.29, 0.717) is 89.7 Å². The van der Waals surface area contributed by atoms with E-state index in [1.807, 2.05) is 138 Å². The lowest BCUT2D eigenvalue weighted by atomic mass is 9.30. The highest BCUT2D eigenvalue weighted by atomic mass is 32.1. The maximum atomic E-state index is 18.2. The molecule has 0 aliphatic carbocycles. The molecule has 0 saturated carbocycles. The van der Waals surface area contributed by atoms with E-state index in [0.717, 1.165) is 29.7 Å². The predicted molar refractivity (Wildman–Crippen MR) is 450 cm³/mol. The molecule has 0 unspecified atom stereocenters. The van der Waals surface area contributed by atoms with Crippen LogP contribution in [-0.2, 0) is 0 Å². The van der Waals surface area contributed by atoms with Crippen molar-refractivity contribution < 1.29 is 54.1 Å². The highest BCUT2D eigenvalue weighted by Crippen LogP contribution is 2.55. The SMILES string of the molecule is Fc1cccc(F)c1N(c1ccccc1)c1cc2c3c(c1)Oc1c(sc4ccccc14)B3c1cc3c(cc1O2)N(c1c(F)cccc1F)c1cc(N(c2ccccc2)c2ccccc2)cc2c1B3c1cc3c(cc1N2c1c(F)cccc1F)Oc1cc(N(c2ccccc2)c2c(F)cccc2F)cc2c1B3c1sc3ccccc3c1O2. The summed E-state index contributed by atoms with van der Waals surface area (Å²) in [5.41, 5.74) is 6.12. The number of halogens is 8. The van der Waals surface area contributed by atoms with Crippen molar-refractivity contribution in [3.63, 3.8) is 0 Å². The van der Waals surface area contributed by atoms with Crippen LogP contribution in [-0.4, -0.2) is 20.1 Å². The highest BCUT2D eigenvalue weighted by molar-refractivity contribution is 7.33.